The average molecular weight is 293 g/mol. The van der Waals surface area contributed by atoms with Crippen LogP contribution in [0.5, 0.6) is 5.75 Å². The Labute approximate surface area is 125 Å². The maximum atomic E-state index is 11.9. The third-order valence-electron chi connectivity index (χ3n) is 3.13. The normalized spacial score (nSPS) is 10.0. The van der Waals surface area contributed by atoms with Gasteiger partial charge < -0.3 is 20.7 Å². The first-order valence-electron chi connectivity index (χ1n) is 6.98. The van der Waals surface area contributed by atoms with E-state index in [0.29, 0.717) is 23.5 Å². The highest BCUT2D eigenvalue weighted by Crippen LogP contribution is 2.22. The number of carbonyl (C=O) groups is 2. The second-order valence-corrected chi connectivity index (χ2v) is 4.79. The lowest BCUT2D eigenvalue weighted by Gasteiger charge is -2.17. The summed E-state index contributed by atoms with van der Waals surface area (Å²) >= 11 is 0. The van der Waals surface area contributed by atoms with Gasteiger partial charge in [0.2, 0.25) is 0 Å². The Kier molecular flexibility index (Phi) is 6.52. The predicted octanol–water partition coefficient (Wildman–Crippen LogP) is 1.27. The van der Waals surface area contributed by atoms with Crippen LogP contribution in [0.2, 0.25) is 0 Å². The summed E-state index contributed by atoms with van der Waals surface area (Å²) in [6.07, 6.45) is 1.98. The Morgan fingerprint density at radius 2 is 2.10 bits per heavy atom. The van der Waals surface area contributed by atoms with Gasteiger partial charge in [-0.2, -0.15) is 0 Å². The van der Waals surface area contributed by atoms with Crippen molar-refractivity contribution in [1.29, 1.82) is 0 Å². The first-order chi connectivity index (χ1) is 9.99. The maximum absolute atomic E-state index is 11.9. The van der Waals surface area contributed by atoms with Crippen molar-refractivity contribution >= 4 is 17.5 Å². The molecule has 0 saturated carbocycles. The van der Waals surface area contributed by atoms with Gasteiger partial charge >= 0.3 is 0 Å². The van der Waals surface area contributed by atoms with E-state index in [1.807, 2.05) is 0 Å². The van der Waals surface area contributed by atoms with Crippen LogP contribution in [0.3, 0.4) is 0 Å². The van der Waals surface area contributed by atoms with Crippen LogP contribution < -0.4 is 15.8 Å². The summed E-state index contributed by atoms with van der Waals surface area (Å²) in [5.41, 5.74) is 6.63. The van der Waals surface area contributed by atoms with Gasteiger partial charge in [-0.3, -0.25) is 9.59 Å². The van der Waals surface area contributed by atoms with E-state index in [4.69, 9.17) is 10.5 Å². The smallest absolute Gasteiger partial charge is 0.260 e. The molecule has 2 amide bonds. The number of ether oxygens (including phenoxy) is 1. The fourth-order valence-corrected chi connectivity index (χ4v) is 1.71. The van der Waals surface area contributed by atoms with Crippen LogP contribution in [0.4, 0.5) is 5.69 Å². The van der Waals surface area contributed by atoms with Crippen LogP contribution in [0.1, 0.15) is 30.1 Å². The van der Waals surface area contributed by atoms with Crippen LogP contribution in [0.25, 0.3) is 0 Å². The first kappa shape index (κ1) is 16.8. The number of hydrogen-bond donors (Lipinski definition) is 2. The topological polar surface area (TPSA) is 84.7 Å². The highest BCUT2D eigenvalue weighted by molar-refractivity contribution is 5.95. The molecule has 0 aliphatic heterocycles. The Hall–Kier alpha value is -2.24. The van der Waals surface area contributed by atoms with E-state index in [1.165, 1.54) is 6.07 Å². The summed E-state index contributed by atoms with van der Waals surface area (Å²) < 4.78 is 5.44. The van der Waals surface area contributed by atoms with Gasteiger partial charge in [-0.15, -0.1) is 0 Å². The van der Waals surface area contributed by atoms with E-state index in [1.54, 1.807) is 31.1 Å². The number of nitrogen functional groups attached to an aromatic ring is 1. The number of anilines is 1. The Morgan fingerprint density at radius 1 is 1.38 bits per heavy atom. The maximum Gasteiger partial charge on any atom is 0.260 e. The van der Waals surface area contributed by atoms with E-state index >= 15 is 0 Å². The summed E-state index contributed by atoms with van der Waals surface area (Å²) in [5, 5.41) is 2.52. The second-order valence-electron chi connectivity index (χ2n) is 4.79. The third kappa shape index (κ3) is 4.98. The SMILES string of the molecule is CCCCN(C)C(=O)COc1cc(C(=O)NC)ccc1N. The number of benzene rings is 1. The molecule has 0 spiro atoms. The number of unbranched alkanes of at least 4 members (excludes halogenated alkanes) is 1. The minimum absolute atomic E-state index is 0.0956. The van der Waals surface area contributed by atoms with Gasteiger partial charge in [0.25, 0.3) is 11.8 Å². The molecule has 0 radical (unpaired) electrons. The predicted molar refractivity (Wildman–Crippen MR) is 82.3 cm³/mol. The minimum Gasteiger partial charge on any atom is -0.482 e. The molecule has 21 heavy (non-hydrogen) atoms. The lowest BCUT2D eigenvalue weighted by Crippen LogP contribution is -2.32. The van der Waals surface area contributed by atoms with Gasteiger partial charge in [-0.1, -0.05) is 13.3 Å². The Balaban J connectivity index is 2.66. The van der Waals surface area contributed by atoms with Crippen LogP contribution in [-0.2, 0) is 4.79 Å². The summed E-state index contributed by atoms with van der Waals surface area (Å²) in [6, 6.07) is 4.73. The van der Waals surface area contributed by atoms with E-state index in [0.717, 1.165) is 12.8 Å². The van der Waals surface area contributed by atoms with Crippen molar-refractivity contribution in [3.8, 4) is 5.75 Å². The van der Waals surface area contributed by atoms with Crippen molar-refractivity contribution < 1.29 is 14.3 Å². The minimum atomic E-state index is -0.230. The number of carbonyl (C=O) groups excluding carboxylic acids is 2. The zero-order chi connectivity index (χ0) is 15.8. The molecule has 0 aliphatic rings. The van der Waals surface area contributed by atoms with E-state index in [9.17, 15) is 9.59 Å². The molecular formula is C15H23N3O3. The molecule has 0 aromatic heterocycles. The van der Waals surface area contributed by atoms with Crippen LogP contribution in [-0.4, -0.2) is 44.0 Å². The van der Waals surface area contributed by atoms with Gasteiger partial charge in [0, 0.05) is 26.2 Å². The van der Waals surface area contributed by atoms with Crippen LogP contribution in [0.15, 0.2) is 18.2 Å². The molecule has 1 aromatic rings. The standard InChI is InChI=1S/C15H23N3O3/c1-4-5-8-18(3)14(19)10-21-13-9-11(15(20)17-2)6-7-12(13)16/h6-7,9H,4-5,8,10,16H2,1-3H3,(H,17,20). The number of nitrogens with two attached hydrogens (primary N) is 1. The fourth-order valence-electron chi connectivity index (χ4n) is 1.71. The van der Waals surface area contributed by atoms with Gasteiger partial charge in [-0.05, 0) is 24.6 Å². The highest BCUT2D eigenvalue weighted by Gasteiger charge is 2.12. The number of amides is 2. The molecular weight excluding hydrogens is 270 g/mol. The molecule has 0 saturated heterocycles. The number of nitrogens with zero attached hydrogens (tertiary/aromatic N) is 1. The van der Waals surface area contributed by atoms with Crippen molar-refractivity contribution in [2.24, 2.45) is 0 Å². The largest absolute Gasteiger partial charge is 0.482 e. The van der Waals surface area contributed by atoms with Gasteiger partial charge in [0.05, 0.1) is 5.69 Å². The average Bonchev–Trinajstić information content (AvgIpc) is 2.50. The summed E-state index contributed by atoms with van der Waals surface area (Å²) in [7, 11) is 3.29. The molecule has 0 heterocycles. The summed E-state index contributed by atoms with van der Waals surface area (Å²) in [5.74, 6) is -0.00669. The van der Waals surface area contributed by atoms with Gasteiger partial charge in [-0.25, -0.2) is 0 Å². The molecule has 0 bridgehead atoms. The van der Waals surface area contributed by atoms with Gasteiger partial charge in [0.1, 0.15) is 5.75 Å². The zero-order valence-corrected chi connectivity index (χ0v) is 12.8. The number of likely N-dealkylation sites (N-methyl/N-ethyl adjacent to an activating group) is 1. The molecule has 0 fully saturated rings. The van der Waals surface area contributed by atoms with Crippen molar-refractivity contribution in [2.45, 2.75) is 19.8 Å². The van der Waals surface area contributed by atoms with Crippen LogP contribution >= 0.6 is 0 Å². The highest BCUT2D eigenvalue weighted by atomic mass is 16.5. The summed E-state index contributed by atoms with van der Waals surface area (Å²) in [6.45, 7) is 2.67. The first-order valence-corrected chi connectivity index (χ1v) is 6.98. The summed E-state index contributed by atoms with van der Waals surface area (Å²) in [4.78, 5) is 25.1. The lowest BCUT2D eigenvalue weighted by atomic mass is 10.2. The number of rotatable bonds is 7. The molecule has 116 valence electrons. The molecule has 3 N–H and O–H groups in total. The second kappa shape index (κ2) is 8.14. The molecule has 0 aliphatic carbocycles. The molecule has 1 aromatic carbocycles. The molecule has 0 unspecified atom stereocenters. The quantitative estimate of drug-likeness (QED) is 0.741. The van der Waals surface area contributed by atoms with Crippen molar-refractivity contribution in [1.82, 2.24) is 10.2 Å². The Bertz CT molecular complexity index is 503. The monoisotopic (exact) mass is 293 g/mol. The fraction of sp³-hybridized carbons (Fsp3) is 0.467. The molecule has 6 heteroatoms. The van der Waals surface area contributed by atoms with E-state index in [2.05, 4.69) is 12.2 Å². The lowest BCUT2D eigenvalue weighted by molar-refractivity contribution is -0.132. The molecule has 0 atom stereocenters. The number of hydrogen-bond acceptors (Lipinski definition) is 4. The van der Waals surface area contributed by atoms with E-state index < -0.39 is 0 Å². The zero-order valence-electron chi connectivity index (χ0n) is 12.8. The van der Waals surface area contributed by atoms with Gasteiger partial charge in [0.15, 0.2) is 6.61 Å². The molecule has 6 nitrogen and oxygen atoms in total. The van der Waals surface area contributed by atoms with E-state index in [-0.39, 0.29) is 18.4 Å². The Morgan fingerprint density at radius 3 is 2.71 bits per heavy atom. The third-order valence-corrected chi connectivity index (χ3v) is 3.13. The van der Waals surface area contributed by atoms with Crippen molar-refractivity contribution in [3.63, 3.8) is 0 Å². The van der Waals surface area contributed by atoms with Crippen LogP contribution in [0, 0.1) is 0 Å². The van der Waals surface area contributed by atoms with Crippen molar-refractivity contribution in [3.05, 3.63) is 23.8 Å². The van der Waals surface area contributed by atoms with Crippen molar-refractivity contribution in [2.75, 3.05) is 33.0 Å². The number of nitrogens with one attached hydrogen (secondary N) is 1. The molecule has 1 rings (SSSR count).